The van der Waals surface area contributed by atoms with Gasteiger partial charge in [0.15, 0.2) is 0 Å². The van der Waals surface area contributed by atoms with E-state index in [9.17, 15) is 9.59 Å². The van der Waals surface area contributed by atoms with Crippen molar-refractivity contribution < 1.29 is 14.3 Å². The molecule has 3 nitrogen and oxygen atoms in total. The lowest BCUT2D eigenvalue weighted by atomic mass is 9.73. The van der Waals surface area contributed by atoms with Gasteiger partial charge in [0.2, 0.25) is 0 Å². The number of carbonyl (C=O) groups is 2. The summed E-state index contributed by atoms with van der Waals surface area (Å²) in [7, 11) is 0. The van der Waals surface area contributed by atoms with Crippen LogP contribution >= 0.6 is 0 Å². The molecule has 0 aromatic heterocycles. The van der Waals surface area contributed by atoms with Crippen molar-refractivity contribution in [2.24, 2.45) is 17.3 Å². The summed E-state index contributed by atoms with van der Waals surface area (Å²) in [5, 5.41) is 0. The second kappa shape index (κ2) is 11.2. The third kappa shape index (κ3) is 8.21. The van der Waals surface area contributed by atoms with Crippen molar-refractivity contribution in [1.29, 1.82) is 0 Å². The summed E-state index contributed by atoms with van der Waals surface area (Å²) in [6.45, 7) is 8.70. The molecular weight excluding hydrogens is 324 g/mol. The first-order valence-electron chi connectivity index (χ1n) is 10.0. The Morgan fingerprint density at radius 3 is 2.73 bits per heavy atom. The van der Waals surface area contributed by atoms with Gasteiger partial charge in [0.1, 0.15) is 5.78 Å². The summed E-state index contributed by atoms with van der Waals surface area (Å²) in [4.78, 5) is 25.1. The molecule has 26 heavy (non-hydrogen) atoms. The van der Waals surface area contributed by atoms with Gasteiger partial charge in [-0.15, -0.1) is 12.3 Å². The van der Waals surface area contributed by atoms with Gasteiger partial charge in [-0.2, -0.15) is 0 Å². The number of allylic oxidation sites excluding steroid dienone is 1. The Morgan fingerprint density at radius 2 is 2.04 bits per heavy atom. The summed E-state index contributed by atoms with van der Waals surface area (Å²) in [5.41, 5.74) is 0.826. The van der Waals surface area contributed by atoms with Gasteiger partial charge in [0.05, 0.1) is 6.61 Å². The van der Waals surface area contributed by atoms with Crippen molar-refractivity contribution >= 4 is 11.8 Å². The Bertz CT molecular complexity index is 536. The van der Waals surface area contributed by atoms with Crippen LogP contribution in [-0.2, 0) is 14.3 Å². The molecule has 146 valence electrons. The van der Waals surface area contributed by atoms with E-state index in [1.807, 2.05) is 13.8 Å². The van der Waals surface area contributed by atoms with Crippen LogP contribution in [0.2, 0.25) is 0 Å². The zero-order chi connectivity index (χ0) is 19.6. The van der Waals surface area contributed by atoms with Gasteiger partial charge in [-0.25, -0.2) is 0 Å². The number of hydrogen-bond donors (Lipinski definition) is 0. The maximum atomic E-state index is 13.1. The van der Waals surface area contributed by atoms with Crippen LogP contribution in [0.25, 0.3) is 0 Å². The highest BCUT2D eigenvalue weighted by Crippen LogP contribution is 2.33. The molecule has 0 spiro atoms. The molecule has 0 saturated heterocycles. The number of terminal acetylenes is 1. The molecular formula is C23H36O3. The second-order valence-electron chi connectivity index (χ2n) is 8.48. The topological polar surface area (TPSA) is 43.4 Å². The molecule has 0 aromatic rings. The third-order valence-corrected chi connectivity index (χ3v) is 5.46. The molecule has 2 unspecified atom stereocenters. The Morgan fingerprint density at radius 1 is 1.31 bits per heavy atom. The van der Waals surface area contributed by atoms with Gasteiger partial charge < -0.3 is 4.74 Å². The van der Waals surface area contributed by atoms with Gasteiger partial charge in [-0.1, -0.05) is 38.8 Å². The van der Waals surface area contributed by atoms with E-state index in [-0.39, 0.29) is 17.7 Å². The van der Waals surface area contributed by atoms with E-state index in [0.29, 0.717) is 31.8 Å². The molecule has 0 saturated carbocycles. The summed E-state index contributed by atoms with van der Waals surface area (Å²) in [6, 6.07) is 0. The Kier molecular flexibility index (Phi) is 9.70. The van der Waals surface area contributed by atoms with E-state index in [0.717, 1.165) is 38.5 Å². The average Bonchev–Trinajstić information content (AvgIpc) is 2.59. The minimum absolute atomic E-state index is 0.0170. The van der Waals surface area contributed by atoms with Crippen molar-refractivity contribution in [1.82, 2.24) is 0 Å². The highest BCUT2D eigenvalue weighted by molar-refractivity contribution is 5.86. The number of ether oxygens (including phenoxy) is 1. The minimum atomic E-state index is -0.522. The zero-order valence-electron chi connectivity index (χ0n) is 17.1. The lowest BCUT2D eigenvalue weighted by Crippen LogP contribution is -2.33. The van der Waals surface area contributed by atoms with E-state index >= 15 is 0 Å². The predicted octanol–water partition coefficient (Wildman–Crippen LogP) is 5.48. The zero-order valence-corrected chi connectivity index (χ0v) is 17.1. The summed E-state index contributed by atoms with van der Waals surface area (Å²) < 4.78 is 5.31. The fourth-order valence-corrected chi connectivity index (χ4v) is 3.69. The van der Waals surface area contributed by atoms with Crippen LogP contribution in [0.1, 0.15) is 85.5 Å². The van der Waals surface area contributed by atoms with Gasteiger partial charge in [-0.05, 0) is 51.4 Å². The fourth-order valence-electron chi connectivity index (χ4n) is 3.69. The fraction of sp³-hybridized carbons (Fsp3) is 0.739. The SMILES string of the molecule is C#CCCC1CC(C)CCCC(C)=CCCOC(=O)CCC(C)(C)C1=O. The van der Waals surface area contributed by atoms with Crippen LogP contribution in [0, 0.1) is 29.6 Å². The summed E-state index contributed by atoms with van der Waals surface area (Å²) >= 11 is 0. The van der Waals surface area contributed by atoms with E-state index in [1.54, 1.807) is 0 Å². The number of hydrogen-bond acceptors (Lipinski definition) is 3. The van der Waals surface area contributed by atoms with Crippen molar-refractivity contribution in [3.05, 3.63) is 11.6 Å². The molecule has 1 aliphatic heterocycles. The highest BCUT2D eigenvalue weighted by atomic mass is 16.5. The van der Waals surface area contributed by atoms with Crippen LogP contribution in [-0.4, -0.2) is 18.4 Å². The molecule has 0 aliphatic carbocycles. The number of cyclic esters (lactones) is 1. The molecule has 0 bridgehead atoms. The van der Waals surface area contributed by atoms with E-state index in [2.05, 4.69) is 25.8 Å². The van der Waals surface area contributed by atoms with Crippen molar-refractivity contribution in [3.8, 4) is 12.3 Å². The maximum Gasteiger partial charge on any atom is 0.305 e. The third-order valence-electron chi connectivity index (χ3n) is 5.46. The lowest BCUT2D eigenvalue weighted by Gasteiger charge is -2.29. The van der Waals surface area contributed by atoms with Crippen LogP contribution in [0.15, 0.2) is 11.6 Å². The van der Waals surface area contributed by atoms with Crippen LogP contribution < -0.4 is 0 Å². The summed E-state index contributed by atoms with van der Waals surface area (Å²) in [5.74, 6) is 3.20. The molecule has 0 amide bonds. The monoisotopic (exact) mass is 360 g/mol. The highest BCUT2D eigenvalue weighted by Gasteiger charge is 2.34. The Balaban J connectivity index is 2.89. The molecule has 1 rings (SSSR count). The van der Waals surface area contributed by atoms with Crippen molar-refractivity contribution in [2.75, 3.05) is 6.61 Å². The van der Waals surface area contributed by atoms with Crippen molar-refractivity contribution in [2.45, 2.75) is 85.5 Å². The van der Waals surface area contributed by atoms with Gasteiger partial charge in [0.25, 0.3) is 0 Å². The van der Waals surface area contributed by atoms with E-state index in [1.165, 1.54) is 5.57 Å². The first-order chi connectivity index (χ1) is 12.3. The number of ketones is 1. The molecule has 1 aliphatic rings. The van der Waals surface area contributed by atoms with Crippen LogP contribution in [0.5, 0.6) is 0 Å². The Labute approximate surface area is 160 Å². The molecule has 0 N–H and O–H groups in total. The lowest BCUT2D eigenvalue weighted by molar-refractivity contribution is -0.144. The molecule has 2 atom stereocenters. The minimum Gasteiger partial charge on any atom is -0.465 e. The normalized spacial score (nSPS) is 26.5. The standard InChI is InChI=1S/C23H36O3/c1-6-7-13-20-17-19(3)11-8-10-18(2)12-9-16-26-21(24)14-15-23(4,5)22(20)25/h1,12,19-20H,7-11,13-17H2,2-5H3. The quantitative estimate of drug-likeness (QED) is 0.372. The largest absolute Gasteiger partial charge is 0.465 e. The smallest absolute Gasteiger partial charge is 0.305 e. The van der Waals surface area contributed by atoms with Gasteiger partial charge in [0, 0.05) is 24.2 Å². The molecule has 0 radical (unpaired) electrons. The van der Waals surface area contributed by atoms with E-state index < -0.39 is 5.41 Å². The van der Waals surface area contributed by atoms with Gasteiger partial charge in [-0.3, -0.25) is 9.59 Å². The second-order valence-corrected chi connectivity index (χ2v) is 8.48. The summed E-state index contributed by atoms with van der Waals surface area (Å²) in [6.07, 6.45) is 14.8. The predicted molar refractivity (Wildman–Crippen MR) is 107 cm³/mol. The van der Waals surface area contributed by atoms with Gasteiger partial charge >= 0.3 is 5.97 Å². The Hall–Kier alpha value is -1.56. The number of esters is 1. The van der Waals surface area contributed by atoms with Crippen LogP contribution in [0.4, 0.5) is 0 Å². The number of Topliss-reactive ketones (excluding diaryl/α,β-unsaturated/α-hetero) is 1. The van der Waals surface area contributed by atoms with Crippen molar-refractivity contribution in [3.63, 3.8) is 0 Å². The number of carbonyl (C=O) groups excluding carboxylic acids is 2. The van der Waals surface area contributed by atoms with Crippen LogP contribution in [0.3, 0.4) is 0 Å². The molecule has 3 heteroatoms. The number of rotatable bonds is 2. The molecule has 0 aromatic carbocycles. The molecule has 0 fully saturated rings. The molecule has 1 heterocycles. The first-order valence-corrected chi connectivity index (χ1v) is 10.0. The maximum absolute atomic E-state index is 13.1. The first kappa shape index (κ1) is 22.5. The van der Waals surface area contributed by atoms with E-state index in [4.69, 9.17) is 11.2 Å². The average molecular weight is 361 g/mol.